The zero-order chi connectivity index (χ0) is 22.6. The molecule has 2 aliphatic heterocycles. The molecule has 0 bridgehead atoms. The SMILES string of the molecule is O=C(O)CCC(=O)OC[C@H]1O[C@H](O[C@]2(CO)O[C@H](CO)[C@@H](O)[C@@H]2O)[C@H](O)[C@@H](O)[C@@H]1O.[Zn]. The number of aliphatic hydroxyl groups excluding tert-OH is 7. The fourth-order valence-electron chi connectivity index (χ4n) is 3.07. The molecule has 0 aliphatic carbocycles. The van der Waals surface area contributed by atoms with Crippen molar-refractivity contribution in [2.75, 3.05) is 19.8 Å². The van der Waals surface area contributed by atoms with Crippen LogP contribution in [-0.2, 0) is 48.0 Å². The molecule has 0 aromatic heterocycles. The van der Waals surface area contributed by atoms with E-state index in [0.717, 1.165) is 0 Å². The van der Waals surface area contributed by atoms with Gasteiger partial charge in [0.1, 0.15) is 55.9 Å². The molecule has 0 amide bonds. The Balaban J connectivity index is 0.00000480. The van der Waals surface area contributed by atoms with Crippen molar-refractivity contribution < 1.29 is 88.9 Å². The number of aliphatic carboxylic acids is 1. The van der Waals surface area contributed by atoms with E-state index in [1.165, 1.54) is 0 Å². The summed E-state index contributed by atoms with van der Waals surface area (Å²) < 4.78 is 20.5. The van der Waals surface area contributed by atoms with E-state index in [4.69, 9.17) is 24.1 Å². The van der Waals surface area contributed by atoms with Crippen molar-refractivity contribution in [1.82, 2.24) is 0 Å². The first-order valence-electron chi connectivity index (χ1n) is 9.06. The van der Waals surface area contributed by atoms with Gasteiger partial charge in [-0.2, -0.15) is 0 Å². The third-order valence-corrected chi connectivity index (χ3v) is 4.84. The van der Waals surface area contributed by atoms with Crippen molar-refractivity contribution in [3.05, 3.63) is 0 Å². The average molecular weight is 508 g/mol. The second-order valence-corrected chi connectivity index (χ2v) is 6.95. The third-order valence-electron chi connectivity index (χ3n) is 4.84. The van der Waals surface area contributed by atoms with Gasteiger partial charge in [-0.15, -0.1) is 0 Å². The average Bonchev–Trinajstić information content (AvgIpc) is 2.96. The number of carbonyl (C=O) groups excluding carboxylic acids is 1. The Hall–Kier alpha value is -0.837. The standard InChI is InChI=1S/C16H26O14.Zn/c17-3-6-11(23)14(26)16(5-18,29-6)30-15-13(25)12(24)10(22)7(28-15)4-27-9(21)2-1-8(19)20;/h6-7,10-15,17-18,22-26H,1-5H2,(H,19,20);/t6-,7-,10-,11-,12+,13-,14+,15-,16+;/m1./s1. The number of hydrogen-bond acceptors (Lipinski definition) is 13. The van der Waals surface area contributed by atoms with Crippen LogP contribution in [0, 0.1) is 0 Å². The minimum absolute atomic E-state index is 0. The minimum Gasteiger partial charge on any atom is -0.481 e. The summed E-state index contributed by atoms with van der Waals surface area (Å²) in [5, 5.41) is 77.6. The van der Waals surface area contributed by atoms with Crippen LogP contribution in [0.2, 0.25) is 0 Å². The molecule has 14 nitrogen and oxygen atoms in total. The zero-order valence-electron chi connectivity index (χ0n) is 16.4. The van der Waals surface area contributed by atoms with Crippen LogP contribution in [0.25, 0.3) is 0 Å². The predicted octanol–water partition coefficient (Wildman–Crippen LogP) is -4.98. The van der Waals surface area contributed by atoms with E-state index >= 15 is 0 Å². The van der Waals surface area contributed by atoms with Gasteiger partial charge in [-0.25, -0.2) is 0 Å². The molecule has 0 aromatic carbocycles. The molecule has 0 unspecified atom stereocenters. The van der Waals surface area contributed by atoms with E-state index in [1.54, 1.807) is 0 Å². The summed E-state index contributed by atoms with van der Waals surface area (Å²) in [5.41, 5.74) is 0. The van der Waals surface area contributed by atoms with E-state index in [1.807, 2.05) is 0 Å². The third kappa shape index (κ3) is 6.36. The van der Waals surface area contributed by atoms with Crippen molar-refractivity contribution in [1.29, 1.82) is 0 Å². The molecule has 2 aliphatic rings. The fraction of sp³-hybridized carbons (Fsp3) is 0.875. The molecule has 2 heterocycles. The largest absolute Gasteiger partial charge is 0.481 e. The molecule has 0 saturated carbocycles. The summed E-state index contributed by atoms with van der Waals surface area (Å²) in [7, 11) is 0. The Labute approximate surface area is 188 Å². The quantitative estimate of drug-likeness (QED) is 0.108. The van der Waals surface area contributed by atoms with E-state index in [9.17, 15) is 45.3 Å². The molecule has 2 fully saturated rings. The van der Waals surface area contributed by atoms with Gasteiger partial charge in [-0.1, -0.05) is 0 Å². The van der Waals surface area contributed by atoms with Crippen LogP contribution in [0.15, 0.2) is 0 Å². The van der Waals surface area contributed by atoms with Gasteiger partial charge in [0.25, 0.3) is 0 Å². The van der Waals surface area contributed by atoms with Crippen LogP contribution in [0.4, 0.5) is 0 Å². The maximum atomic E-state index is 11.5. The van der Waals surface area contributed by atoms with Crippen molar-refractivity contribution in [2.45, 2.75) is 67.6 Å². The Kier molecular flexibility index (Phi) is 10.8. The Morgan fingerprint density at radius 1 is 0.903 bits per heavy atom. The fourth-order valence-corrected chi connectivity index (χ4v) is 3.07. The molecule has 2 rings (SSSR count). The molecule has 0 spiro atoms. The molecule has 15 heteroatoms. The van der Waals surface area contributed by atoms with Crippen LogP contribution in [0.5, 0.6) is 0 Å². The van der Waals surface area contributed by atoms with Crippen molar-refractivity contribution >= 4 is 11.9 Å². The summed E-state index contributed by atoms with van der Waals surface area (Å²) in [4.78, 5) is 22.0. The van der Waals surface area contributed by atoms with Gasteiger partial charge in [0.2, 0.25) is 5.79 Å². The van der Waals surface area contributed by atoms with Gasteiger partial charge >= 0.3 is 11.9 Å². The first-order valence-corrected chi connectivity index (χ1v) is 9.06. The maximum Gasteiger partial charge on any atom is 0.306 e. The van der Waals surface area contributed by atoms with E-state index in [2.05, 4.69) is 0 Å². The molecule has 0 aromatic rings. The molecule has 2 saturated heterocycles. The number of hydrogen-bond donors (Lipinski definition) is 8. The van der Waals surface area contributed by atoms with Gasteiger partial charge < -0.3 is 59.8 Å². The van der Waals surface area contributed by atoms with Crippen LogP contribution in [0.1, 0.15) is 12.8 Å². The second kappa shape index (κ2) is 11.9. The van der Waals surface area contributed by atoms with Gasteiger partial charge in [0.15, 0.2) is 6.29 Å². The van der Waals surface area contributed by atoms with Crippen LogP contribution in [0.3, 0.4) is 0 Å². The molecule has 176 valence electrons. The molecular formula is C16H26O14Zn. The number of carboxylic acid groups (broad SMARTS) is 1. The van der Waals surface area contributed by atoms with Crippen LogP contribution < -0.4 is 0 Å². The van der Waals surface area contributed by atoms with E-state index < -0.39 is 99.4 Å². The summed E-state index contributed by atoms with van der Waals surface area (Å²) in [6.45, 7) is -2.41. The predicted molar refractivity (Wildman–Crippen MR) is 89.4 cm³/mol. The van der Waals surface area contributed by atoms with Crippen LogP contribution >= 0.6 is 0 Å². The number of carbonyl (C=O) groups is 2. The van der Waals surface area contributed by atoms with E-state index in [-0.39, 0.29) is 19.5 Å². The Bertz CT molecular complexity index is 607. The summed E-state index contributed by atoms with van der Waals surface area (Å²) in [5.74, 6) is -4.47. The molecular weight excluding hydrogens is 482 g/mol. The zero-order valence-corrected chi connectivity index (χ0v) is 19.4. The Morgan fingerprint density at radius 2 is 1.55 bits per heavy atom. The summed E-state index contributed by atoms with van der Waals surface area (Å²) >= 11 is 0. The van der Waals surface area contributed by atoms with Crippen molar-refractivity contribution in [3.63, 3.8) is 0 Å². The minimum atomic E-state index is -2.33. The normalized spacial score (nSPS) is 40.2. The number of carboxylic acids is 1. The first kappa shape index (κ1) is 28.2. The summed E-state index contributed by atoms with van der Waals surface area (Å²) in [6.07, 6.45) is -14.5. The van der Waals surface area contributed by atoms with Crippen molar-refractivity contribution in [3.8, 4) is 0 Å². The smallest absolute Gasteiger partial charge is 0.306 e. The number of ether oxygens (including phenoxy) is 4. The van der Waals surface area contributed by atoms with Crippen molar-refractivity contribution in [2.24, 2.45) is 0 Å². The van der Waals surface area contributed by atoms with Gasteiger partial charge in [-0.3, -0.25) is 9.59 Å². The molecule has 0 radical (unpaired) electrons. The number of rotatable bonds is 9. The first-order chi connectivity index (χ1) is 14.1. The number of esters is 1. The van der Waals surface area contributed by atoms with Crippen LogP contribution in [-0.4, -0.2) is 127 Å². The summed E-state index contributed by atoms with van der Waals surface area (Å²) in [6, 6.07) is 0. The van der Waals surface area contributed by atoms with Gasteiger partial charge in [-0.05, 0) is 0 Å². The monoisotopic (exact) mass is 506 g/mol. The topological polar surface area (TPSA) is 233 Å². The Morgan fingerprint density at radius 3 is 2.06 bits per heavy atom. The maximum absolute atomic E-state index is 11.5. The van der Waals surface area contributed by atoms with E-state index in [0.29, 0.717) is 0 Å². The second-order valence-electron chi connectivity index (χ2n) is 6.95. The van der Waals surface area contributed by atoms with Gasteiger partial charge in [0.05, 0.1) is 19.4 Å². The molecule has 9 atom stereocenters. The molecule has 31 heavy (non-hydrogen) atoms. The molecule has 8 N–H and O–H groups in total. The number of aliphatic hydroxyl groups is 7. The van der Waals surface area contributed by atoms with Gasteiger partial charge in [0, 0.05) is 19.5 Å².